The summed E-state index contributed by atoms with van der Waals surface area (Å²) in [6, 6.07) is 8.59. The maximum absolute atomic E-state index is 11.7. The number of carbonyl (C=O) groups excluding carboxylic acids is 1. The lowest BCUT2D eigenvalue weighted by molar-refractivity contribution is -0.146. The third-order valence-electron chi connectivity index (χ3n) is 6.12. The number of esters is 1. The Hall–Kier alpha value is -3.26. The standard InChI is InChI=1S/C24H30N6O2/c1-16-12-18(4-5-19(16)13-25-2)22-10-11-26-24(29-22)28-20-14-27-30(15-20)21-8-6-17(7-9-21)23(31)32-3/h4-5,10-12,14-15,17,21,25H,6-9,13H2,1-3H3,(H,26,28,29). The van der Waals surface area contributed by atoms with E-state index in [-0.39, 0.29) is 17.9 Å². The van der Waals surface area contributed by atoms with Gasteiger partial charge >= 0.3 is 5.97 Å². The summed E-state index contributed by atoms with van der Waals surface area (Å²) in [5.41, 5.74) is 5.28. The van der Waals surface area contributed by atoms with Gasteiger partial charge in [0.15, 0.2) is 0 Å². The fraction of sp³-hybridized carbons (Fsp3) is 0.417. The lowest BCUT2D eigenvalue weighted by atomic mass is 9.86. The van der Waals surface area contributed by atoms with Gasteiger partial charge in [0.25, 0.3) is 0 Å². The third-order valence-corrected chi connectivity index (χ3v) is 6.12. The van der Waals surface area contributed by atoms with Crippen LogP contribution in [0, 0.1) is 12.8 Å². The molecule has 1 aliphatic rings. The van der Waals surface area contributed by atoms with E-state index in [4.69, 9.17) is 4.74 Å². The van der Waals surface area contributed by atoms with Crippen LogP contribution in [0.4, 0.5) is 11.6 Å². The molecule has 8 nitrogen and oxygen atoms in total. The SMILES string of the molecule is CNCc1ccc(-c2ccnc(Nc3cnn(C4CCC(C(=O)OC)CC4)c3)n2)cc1C. The van der Waals surface area contributed by atoms with Crippen LogP contribution in [0.2, 0.25) is 0 Å². The molecular formula is C24H30N6O2. The van der Waals surface area contributed by atoms with Crippen molar-refractivity contribution in [2.75, 3.05) is 19.5 Å². The molecule has 0 bridgehead atoms. The van der Waals surface area contributed by atoms with Crippen LogP contribution in [0.25, 0.3) is 11.3 Å². The molecule has 32 heavy (non-hydrogen) atoms. The van der Waals surface area contributed by atoms with E-state index in [1.165, 1.54) is 18.2 Å². The van der Waals surface area contributed by atoms with E-state index in [9.17, 15) is 4.79 Å². The zero-order chi connectivity index (χ0) is 22.5. The number of nitrogens with one attached hydrogen (secondary N) is 2. The molecule has 2 N–H and O–H groups in total. The highest BCUT2D eigenvalue weighted by molar-refractivity contribution is 5.72. The van der Waals surface area contributed by atoms with E-state index in [1.807, 2.05) is 24.0 Å². The minimum absolute atomic E-state index is 0.0106. The summed E-state index contributed by atoms with van der Waals surface area (Å²) in [5, 5.41) is 11.0. The number of aromatic nitrogens is 4. The fourth-order valence-corrected chi connectivity index (χ4v) is 4.30. The minimum atomic E-state index is -0.102. The van der Waals surface area contributed by atoms with Gasteiger partial charge in [-0.2, -0.15) is 5.10 Å². The average molecular weight is 435 g/mol. The molecule has 0 atom stereocenters. The number of carbonyl (C=O) groups is 1. The van der Waals surface area contributed by atoms with Crippen molar-refractivity contribution >= 4 is 17.6 Å². The minimum Gasteiger partial charge on any atom is -0.469 e. The number of methoxy groups -OCH3 is 1. The highest BCUT2D eigenvalue weighted by Crippen LogP contribution is 2.33. The number of anilines is 2. The van der Waals surface area contributed by atoms with Crippen LogP contribution in [-0.4, -0.2) is 39.9 Å². The summed E-state index contributed by atoms with van der Waals surface area (Å²) < 4.78 is 6.85. The highest BCUT2D eigenvalue weighted by atomic mass is 16.5. The van der Waals surface area contributed by atoms with Crippen LogP contribution < -0.4 is 10.6 Å². The van der Waals surface area contributed by atoms with E-state index in [0.29, 0.717) is 5.95 Å². The summed E-state index contributed by atoms with van der Waals surface area (Å²) in [6.45, 7) is 2.96. The van der Waals surface area contributed by atoms with Crippen molar-refractivity contribution in [2.24, 2.45) is 5.92 Å². The maximum atomic E-state index is 11.7. The summed E-state index contributed by atoms with van der Waals surface area (Å²) in [4.78, 5) is 20.8. The van der Waals surface area contributed by atoms with Crippen LogP contribution in [-0.2, 0) is 16.1 Å². The molecule has 168 valence electrons. The molecule has 1 aliphatic carbocycles. The Balaban J connectivity index is 1.42. The van der Waals surface area contributed by atoms with Crippen molar-refractivity contribution in [1.29, 1.82) is 0 Å². The van der Waals surface area contributed by atoms with E-state index in [1.54, 1.807) is 12.4 Å². The van der Waals surface area contributed by atoms with E-state index < -0.39 is 0 Å². The molecule has 4 rings (SSSR count). The first-order valence-electron chi connectivity index (χ1n) is 11.0. The maximum Gasteiger partial charge on any atom is 0.308 e. The summed E-state index contributed by atoms with van der Waals surface area (Å²) >= 11 is 0. The molecule has 0 saturated heterocycles. The lowest BCUT2D eigenvalue weighted by Crippen LogP contribution is -2.24. The second kappa shape index (κ2) is 9.91. The van der Waals surface area contributed by atoms with E-state index in [2.05, 4.69) is 50.8 Å². The van der Waals surface area contributed by atoms with Crippen molar-refractivity contribution in [2.45, 2.75) is 45.2 Å². The Labute approximate surface area is 188 Å². The number of aryl methyl sites for hydroxylation is 1. The number of rotatable bonds is 7. The van der Waals surface area contributed by atoms with Crippen LogP contribution in [0.3, 0.4) is 0 Å². The largest absolute Gasteiger partial charge is 0.469 e. The lowest BCUT2D eigenvalue weighted by Gasteiger charge is -2.26. The molecular weight excluding hydrogens is 404 g/mol. The van der Waals surface area contributed by atoms with Gasteiger partial charge in [0.1, 0.15) is 0 Å². The topological polar surface area (TPSA) is 94.0 Å². The fourth-order valence-electron chi connectivity index (χ4n) is 4.30. The zero-order valence-corrected chi connectivity index (χ0v) is 18.8. The summed E-state index contributed by atoms with van der Waals surface area (Å²) in [5.74, 6) is 0.444. The number of benzene rings is 1. The third kappa shape index (κ3) is 4.96. The average Bonchev–Trinajstić information content (AvgIpc) is 3.28. The summed E-state index contributed by atoms with van der Waals surface area (Å²) in [7, 11) is 3.41. The van der Waals surface area contributed by atoms with Gasteiger partial charge in [-0.1, -0.05) is 12.1 Å². The van der Waals surface area contributed by atoms with Gasteiger partial charge in [-0.3, -0.25) is 9.48 Å². The normalized spacial score (nSPS) is 18.3. The quantitative estimate of drug-likeness (QED) is 0.543. The van der Waals surface area contributed by atoms with Crippen molar-refractivity contribution in [1.82, 2.24) is 25.1 Å². The van der Waals surface area contributed by atoms with Crippen molar-refractivity contribution in [3.05, 3.63) is 54.0 Å². The predicted molar refractivity (Wildman–Crippen MR) is 123 cm³/mol. The summed E-state index contributed by atoms with van der Waals surface area (Å²) in [6.07, 6.45) is 9.02. The van der Waals surface area contributed by atoms with Gasteiger partial charge in [0.2, 0.25) is 5.95 Å². The molecule has 8 heteroatoms. The Morgan fingerprint density at radius 1 is 1.22 bits per heavy atom. The van der Waals surface area contributed by atoms with Crippen LogP contribution in [0.1, 0.15) is 42.9 Å². The van der Waals surface area contributed by atoms with Crippen molar-refractivity contribution in [3.63, 3.8) is 0 Å². The van der Waals surface area contributed by atoms with Gasteiger partial charge in [0, 0.05) is 24.5 Å². The first kappa shape index (κ1) is 22.0. The van der Waals surface area contributed by atoms with Crippen molar-refractivity contribution < 1.29 is 9.53 Å². The van der Waals surface area contributed by atoms with Gasteiger partial charge in [-0.25, -0.2) is 9.97 Å². The Morgan fingerprint density at radius 2 is 2.03 bits per heavy atom. The molecule has 3 aromatic rings. The van der Waals surface area contributed by atoms with Crippen LogP contribution in [0.15, 0.2) is 42.9 Å². The number of hydrogen-bond donors (Lipinski definition) is 2. The monoisotopic (exact) mass is 434 g/mol. The Kier molecular flexibility index (Phi) is 6.80. The molecule has 0 amide bonds. The van der Waals surface area contributed by atoms with Gasteiger partial charge in [-0.05, 0) is 62.9 Å². The highest BCUT2D eigenvalue weighted by Gasteiger charge is 2.28. The van der Waals surface area contributed by atoms with Crippen LogP contribution >= 0.6 is 0 Å². The van der Waals surface area contributed by atoms with Crippen LogP contribution in [0.5, 0.6) is 0 Å². The molecule has 0 unspecified atom stereocenters. The molecule has 0 radical (unpaired) electrons. The Bertz CT molecular complexity index is 1070. The first-order chi connectivity index (χ1) is 15.6. The smallest absolute Gasteiger partial charge is 0.308 e. The van der Waals surface area contributed by atoms with Crippen molar-refractivity contribution in [3.8, 4) is 11.3 Å². The van der Waals surface area contributed by atoms with E-state index in [0.717, 1.165) is 49.2 Å². The van der Waals surface area contributed by atoms with Gasteiger partial charge in [-0.15, -0.1) is 0 Å². The molecule has 1 fully saturated rings. The number of hydrogen-bond acceptors (Lipinski definition) is 7. The molecule has 2 heterocycles. The zero-order valence-electron chi connectivity index (χ0n) is 18.8. The van der Waals surface area contributed by atoms with E-state index >= 15 is 0 Å². The Morgan fingerprint density at radius 3 is 2.75 bits per heavy atom. The predicted octanol–water partition coefficient (Wildman–Crippen LogP) is 4.02. The van der Waals surface area contributed by atoms with Gasteiger partial charge < -0.3 is 15.4 Å². The number of nitrogens with zero attached hydrogens (tertiary/aromatic N) is 4. The van der Waals surface area contributed by atoms with Gasteiger partial charge in [0.05, 0.1) is 36.6 Å². The second-order valence-electron chi connectivity index (χ2n) is 8.30. The molecule has 1 saturated carbocycles. The molecule has 0 spiro atoms. The molecule has 0 aliphatic heterocycles. The molecule has 2 aromatic heterocycles. The molecule has 1 aromatic carbocycles. The first-order valence-corrected chi connectivity index (χ1v) is 11.0. The second-order valence-corrected chi connectivity index (χ2v) is 8.30. The number of ether oxygens (including phenoxy) is 1.